The minimum absolute atomic E-state index is 0.0351. The molecule has 11 atom stereocenters. The Morgan fingerprint density at radius 3 is 2.63 bits per heavy atom. The second-order valence-corrected chi connectivity index (χ2v) is 15.8. The minimum Gasteiger partial charge on any atom is -0.451 e. The Morgan fingerprint density at radius 2 is 2.00 bits per heavy atom. The van der Waals surface area contributed by atoms with E-state index in [1.807, 2.05) is 0 Å². The summed E-state index contributed by atoms with van der Waals surface area (Å²) >= 11 is 0. The van der Waals surface area contributed by atoms with Gasteiger partial charge in [0, 0.05) is 24.6 Å². The number of nitrogens with two attached hydrogens (primary N) is 1. The van der Waals surface area contributed by atoms with Crippen LogP contribution in [-0.4, -0.2) is 90.5 Å². The number of esters is 1. The predicted octanol–water partition coefficient (Wildman–Crippen LogP) is 1.23. The second-order valence-electron chi connectivity index (χ2n) is 14.0. The van der Waals surface area contributed by atoms with Crippen molar-refractivity contribution < 1.29 is 48.3 Å². The van der Waals surface area contributed by atoms with Crippen LogP contribution in [0.3, 0.4) is 0 Å². The standard InChI is InChI=1S/C29H42N3O10P/c1-16(2)26(36)21(39-20(33)18-9-8-13-31-18)27(37)22(4)15-25(35)23(26,5)29(27)28(41-25)19(17(3)10-11-24(22,28)34)40-43(38,42-29)32-14-7-6-12-30/h8-9,13,16,19,21,31,34-37H,3,6-7,10-12,14-15,30H2,1-2,4-5H3,(H,32,38)/t19-,21-,22+,23+,24+,25+,26-,27-,28-,29-,43?/m1/s1. The molecule has 2 spiro atoms. The lowest BCUT2D eigenvalue weighted by molar-refractivity contribution is -0.381. The number of rotatable bonds is 8. The monoisotopic (exact) mass is 623 g/mol. The number of aliphatic hydroxyl groups is 4. The van der Waals surface area contributed by atoms with Gasteiger partial charge in [-0.15, -0.1) is 0 Å². The lowest BCUT2D eigenvalue weighted by atomic mass is 9.52. The van der Waals surface area contributed by atoms with Crippen molar-refractivity contribution in [2.24, 2.45) is 22.5 Å². The Morgan fingerprint density at radius 1 is 1.28 bits per heavy atom. The van der Waals surface area contributed by atoms with Gasteiger partial charge in [-0.1, -0.05) is 27.4 Å². The largest absolute Gasteiger partial charge is 0.451 e. The van der Waals surface area contributed by atoms with Crippen molar-refractivity contribution >= 4 is 13.7 Å². The molecule has 8 N–H and O–H groups in total. The molecular weight excluding hydrogens is 581 g/mol. The Kier molecular flexibility index (Phi) is 5.86. The van der Waals surface area contributed by atoms with Crippen LogP contribution in [0.25, 0.3) is 0 Å². The number of unbranched alkanes of at least 4 members (excludes halogenated alkanes) is 1. The van der Waals surface area contributed by atoms with Crippen LogP contribution in [0.15, 0.2) is 30.5 Å². The second kappa shape index (κ2) is 8.38. The van der Waals surface area contributed by atoms with E-state index in [-0.39, 0.29) is 31.5 Å². The fourth-order valence-corrected chi connectivity index (χ4v) is 12.5. The van der Waals surface area contributed by atoms with Crippen LogP contribution < -0.4 is 10.8 Å². The highest BCUT2D eigenvalue weighted by molar-refractivity contribution is 7.51. The molecule has 13 nitrogen and oxygen atoms in total. The summed E-state index contributed by atoms with van der Waals surface area (Å²) in [6, 6.07) is 3.09. The normalized spacial score (nSPS) is 54.0. The lowest BCUT2D eigenvalue weighted by Gasteiger charge is -2.60. The third kappa shape index (κ3) is 2.66. The van der Waals surface area contributed by atoms with Crippen LogP contribution in [0.2, 0.25) is 0 Å². The number of ether oxygens (including phenoxy) is 2. The van der Waals surface area contributed by atoms with Crippen LogP contribution in [0.4, 0.5) is 0 Å². The van der Waals surface area contributed by atoms with Crippen LogP contribution in [0.5, 0.6) is 0 Å². The van der Waals surface area contributed by atoms with Crippen molar-refractivity contribution in [3.05, 3.63) is 36.2 Å². The topological polar surface area (TPSA) is 206 Å². The van der Waals surface area contributed by atoms with Crippen molar-refractivity contribution in [2.45, 2.75) is 106 Å². The summed E-state index contributed by atoms with van der Waals surface area (Å²) in [4.78, 5) is 16.4. The smallest absolute Gasteiger partial charge is 0.406 e. The average molecular weight is 624 g/mol. The van der Waals surface area contributed by atoms with Gasteiger partial charge in [0.05, 0.1) is 5.41 Å². The van der Waals surface area contributed by atoms with Crippen molar-refractivity contribution in [3.63, 3.8) is 0 Å². The predicted molar refractivity (Wildman–Crippen MR) is 150 cm³/mol. The fraction of sp³-hybridized carbons (Fsp3) is 0.759. The Bertz CT molecular complexity index is 1460. The number of aromatic amines is 1. The maximum absolute atomic E-state index is 14.7. The van der Waals surface area contributed by atoms with Gasteiger partial charge in [-0.2, -0.15) is 0 Å². The first-order valence-electron chi connectivity index (χ1n) is 15.0. The zero-order chi connectivity index (χ0) is 31.3. The van der Waals surface area contributed by atoms with Gasteiger partial charge >= 0.3 is 13.7 Å². The highest BCUT2D eigenvalue weighted by Crippen LogP contribution is 2.94. The molecule has 7 fully saturated rings. The first kappa shape index (κ1) is 30.0. The van der Waals surface area contributed by atoms with Gasteiger partial charge in [-0.3, -0.25) is 9.05 Å². The number of hydrogen-bond acceptors (Lipinski definition) is 11. The third-order valence-corrected chi connectivity index (χ3v) is 13.9. The number of aromatic nitrogens is 1. The van der Waals surface area contributed by atoms with E-state index >= 15 is 0 Å². The highest BCUT2D eigenvalue weighted by Gasteiger charge is 3.12. The summed E-state index contributed by atoms with van der Waals surface area (Å²) in [5, 5.41) is 54.9. The van der Waals surface area contributed by atoms with E-state index in [0.717, 1.165) is 0 Å². The number of carbonyl (C=O) groups is 1. The molecule has 0 radical (unpaired) electrons. The van der Waals surface area contributed by atoms with E-state index in [0.29, 0.717) is 25.0 Å². The Balaban J connectivity index is 1.53. The third-order valence-electron chi connectivity index (χ3n) is 12.3. The van der Waals surface area contributed by atoms with Crippen LogP contribution in [-0.2, 0) is 23.1 Å². The van der Waals surface area contributed by atoms with Gasteiger partial charge in [0.2, 0.25) is 0 Å². The molecule has 238 valence electrons. The number of H-pyrrole nitrogens is 1. The van der Waals surface area contributed by atoms with Gasteiger partial charge in [0.1, 0.15) is 28.6 Å². The summed E-state index contributed by atoms with van der Waals surface area (Å²) in [6.45, 7) is 11.2. The zero-order valence-corrected chi connectivity index (χ0v) is 25.8. The molecule has 1 aromatic rings. The average Bonchev–Trinajstić information content (AvgIpc) is 3.57. The SMILES string of the molecule is C=C1CC[C@]2(O)[C@]3(C)C[C@]4(O)O[C@]25[C@@H]1OP(=O)(NCCCCN)O[C@]51[C@@]3(O)[C@H](OC(=O)c2ccc[nH]2)[C@](O)(C(C)C)[C@@]14C. The molecule has 3 aliphatic heterocycles. The molecule has 4 aliphatic carbocycles. The molecule has 1 aromatic heterocycles. The van der Waals surface area contributed by atoms with E-state index in [2.05, 4.69) is 16.7 Å². The molecule has 7 aliphatic rings. The van der Waals surface area contributed by atoms with Gasteiger partial charge in [0.15, 0.2) is 23.1 Å². The van der Waals surface area contributed by atoms with Gasteiger partial charge < -0.3 is 40.6 Å². The zero-order valence-electron chi connectivity index (χ0n) is 24.9. The van der Waals surface area contributed by atoms with Crippen molar-refractivity contribution in [1.29, 1.82) is 0 Å². The van der Waals surface area contributed by atoms with Crippen LogP contribution in [0.1, 0.15) is 70.3 Å². The summed E-state index contributed by atoms with van der Waals surface area (Å²) in [5.41, 5.74) is -8.62. The summed E-state index contributed by atoms with van der Waals surface area (Å²) in [6.07, 6.45) is -0.459. The molecule has 0 amide bonds. The van der Waals surface area contributed by atoms with Gasteiger partial charge in [-0.05, 0) is 62.8 Å². The summed E-state index contributed by atoms with van der Waals surface area (Å²) in [7, 11) is -4.39. The van der Waals surface area contributed by atoms with E-state index in [9.17, 15) is 29.8 Å². The molecule has 0 aromatic carbocycles. The van der Waals surface area contributed by atoms with Crippen LogP contribution >= 0.6 is 7.75 Å². The maximum Gasteiger partial charge on any atom is 0.406 e. The lowest BCUT2D eigenvalue weighted by Crippen LogP contribution is -2.77. The molecular formula is C29H42N3O10P. The van der Waals surface area contributed by atoms with Gasteiger partial charge in [-0.25, -0.2) is 14.4 Å². The molecule has 43 heavy (non-hydrogen) atoms. The quantitative estimate of drug-likeness (QED) is 0.0945. The van der Waals surface area contributed by atoms with Crippen molar-refractivity contribution in [1.82, 2.24) is 10.1 Å². The molecule has 3 saturated heterocycles. The maximum atomic E-state index is 14.7. The molecule has 8 rings (SSSR count). The molecule has 4 saturated carbocycles. The fourth-order valence-electron chi connectivity index (χ4n) is 10.5. The Labute approximate surface area is 249 Å². The summed E-state index contributed by atoms with van der Waals surface area (Å²) in [5.74, 6) is -3.90. The minimum atomic E-state index is -4.39. The van der Waals surface area contributed by atoms with E-state index in [4.69, 9.17) is 24.3 Å². The summed E-state index contributed by atoms with van der Waals surface area (Å²) < 4.78 is 40.2. The molecule has 6 bridgehead atoms. The van der Waals surface area contributed by atoms with Crippen molar-refractivity contribution in [3.8, 4) is 0 Å². The Hall–Kier alpha value is -1.64. The first-order valence-corrected chi connectivity index (χ1v) is 16.6. The molecule has 4 heterocycles. The number of carbonyl (C=O) groups excluding carboxylic acids is 1. The molecule has 14 heteroatoms. The van der Waals surface area contributed by atoms with Gasteiger partial charge in [0.25, 0.3) is 0 Å². The van der Waals surface area contributed by atoms with E-state index in [1.165, 1.54) is 19.2 Å². The number of hydrogen-bond donors (Lipinski definition) is 7. The highest BCUT2D eigenvalue weighted by atomic mass is 31.2. The van der Waals surface area contributed by atoms with E-state index in [1.54, 1.807) is 26.8 Å². The number of nitrogens with one attached hydrogen (secondary N) is 2. The first-order chi connectivity index (χ1) is 20.0. The van der Waals surface area contributed by atoms with Crippen molar-refractivity contribution in [2.75, 3.05) is 13.1 Å². The molecule has 1 unspecified atom stereocenters. The van der Waals surface area contributed by atoms with E-state index < -0.39 is 76.5 Å². The van der Waals surface area contributed by atoms with Crippen LogP contribution in [0, 0.1) is 16.7 Å².